The van der Waals surface area contributed by atoms with Crippen molar-refractivity contribution in [3.8, 4) is 0 Å². The Kier molecular flexibility index (Phi) is 12.6. The third-order valence-corrected chi connectivity index (χ3v) is 4.49. The average Bonchev–Trinajstić information content (AvgIpc) is 2.67. The van der Waals surface area contributed by atoms with Crippen LogP contribution < -0.4 is 0 Å². The predicted octanol–water partition coefficient (Wildman–Crippen LogP) is 5.36. The number of ether oxygens (including phenoxy) is 4. The van der Waals surface area contributed by atoms with Gasteiger partial charge in [-0.2, -0.15) is 0 Å². The third kappa shape index (κ3) is 17.3. The molecule has 0 saturated carbocycles. The van der Waals surface area contributed by atoms with Gasteiger partial charge in [0.05, 0.1) is 51.1 Å². The van der Waals surface area contributed by atoms with E-state index in [1.807, 2.05) is 83.1 Å². The molecule has 0 radical (unpaired) electrons. The second-order valence-electron chi connectivity index (χ2n) is 14.4. The SMILES string of the molecule is CC(C)(C)COC(=O)CC(C(=O)OCC(C)(C)C)C(CC(=O)OCC(C)(C)C)C(=O)OCC(C)(C)C. The van der Waals surface area contributed by atoms with Gasteiger partial charge in [0.2, 0.25) is 0 Å². The summed E-state index contributed by atoms with van der Waals surface area (Å²) >= 11 is 0. The fraction of sp³-hybridized carbons (Fsp3) is 0.857. The van der Waals surface area contributed by atoms with Gasteiger partial charge in [0.25, 0.3) is 0 Å². The Balaban J connectivity index is 5.99. The molecule has 0 spiro atoms. The van der Waals surface area contributed by atoms with Crippen molar-refractivity contribution in [1.29, 1.82) is 0 Å². The van der Waals surface area contributed by atoms with Crippen LogP contribution in [0.15, 0.2) is 0 Å². The maximum absolute atomic E-state index is 13.2. The zero-order valence-electron chi connectivity index (χ0n) is 24.7. The van der Waals surface area contributed by atoms with Crippen LogP contribution in [0.1, 0.15) is 95.9 Å². The third-order valence-electron chi connectivity index (χ3n) is 4.49. The standard InChI is InChI=1S/C28H50O8/c1-25(2,3)15-33-21(29)13-19(23(31)35-17-27(7,8)9)20(24(32)36-18-28(10,11)12)14-22(30)34-16-26(4,5)6/h19-20H,13-18H2,1-12H3. The van der Waals surface area contributed by atoms with Crippen LogP contribution in [0.5, 0.6) is 0 Å². The van der Waals surface area contributed by atoms with Crippen LogP contribution in [0.3, 0.4) is 0 Å². The van der Waals surface area contributed by atoms with Gasteiger partial charge in [0, 0.05) is 0 Å². The summed E-state index contributed by atoms with van der Waals surface area (Å²) in [6, 6.07) is 0. The highest BCUT2D eigenvalue weighted by Gasteiger charge is 2.41. The van der Waals surface area contributed by atoms with Crippen LogP contribution in [0, 0.1) is 33.5 Å². The maximum atomic E-state index is 13.2. The molecule has 2 atom stereocenters. The number of esters is 4. The molecule has 210 valence electrons. The van der Waals surface area contributed by atoms with Crippen molar-refractivity contribution in [3.05, 3.63) is 0 Å². The first kappa shape index (κ1) is 33.9. The number of rotatable bonds is 11. The highest BCUT2D eigenvalue weighted by Crippen LogP contribution is 2.28. The molecule has 0 aliphatic rings. The summed E-state index contributed by atoms with van der Waals surface area (Å²) in [7, 11) is 0. The fourth-order valence-corrected chi connectivity index (χ4v) is 2.64. The summed E-state index contributed by atoms with van der Waals surface area (Å²) in [5, 5.41) is 0. The first-order valence-electron chi connectivity index (χ1n) is 12.6. The van der Waals surface area contributed by atoms with Crippen LogP contribution in [0.2, 0.25) is 0 Å². The largest absolute Gasteiger partial charge is 0.465 e. The van der Waals surface area contributed by atoms with Gasteiger partial charge in [-0.1, -0.05) is 83.1 Å². The van der Waals surface area contributed by atoms with Crippen LogP contribution in [0.25, 0.3) is 0 Å². The predicted molar refractivity (Wildman–Crippen MR) is 138 cm³/mol. The summed E-state index contributed by atoms with van der Waals surface area (Å²) in [6.45, 7) is 23.3. The van der Waals surface area contributed by atoms with Gasteiger partial charge >= 0.3 is 23.9 Å². The number of carbonyl (C=O) groups is 4. The van der Waals surface area contributed by atoms with Gasteiger partial charge in [-0.3, -0.25) is 19.2 Å². The summed E-state index contributed by atoms with van der Waals surface area (Å²) in [5.41, 5.74) is -1.22. The van der Waals surface area contributed by atoms with Crippen molar-refractivity contribution in [3.63, 3.8) is 0 Å². The van der Waals surface area contributed by atoms with Crippen molar-refractivity contribution >= 4 is 23.9 Å². The normalized spacial score (nSPS) is 14.4. The quantitative estimate of drug-likeness (QED) is 0.268. The van der Waals surface area contributed by atoms with Crippen molar-refractivity contribution in [2.24, 2.45) is 33.5 Å². The molecule has 0 rings (SSSR count). The molecule has 0 aromatic carbocycles. The van der Waals surface area contributed by atoms with Crippen LogP contribution in [-0.4, -0.2) is 50.3 Å². The van der Waals surface area contributed by atoms with Gasteiger partial charge in [-0.15, -0.1) is 0 Å². The summed E-state index contributed by atoms with van der Waals surface area (Å²) in [5.74, 6) is -5.32. The van der Waals surface area contributed by atoms with E-state index in [1.165, 1.54) is 0 Å². The highest BCUT2D eigenvalue weighted by molar-refractivity contribution is 5.88. The Labute approximate surface area is 218 Å². The molecule has 0 aromatic heterocycles. The zero-order valence-corrected chi connectivity index (χ0v) is 24.7. The minimum atomic E-state index is -1.26. The monoisotopic (exact) mass is 514 g/mol. The molecule has 0 fully saturated rings. The van der Waals surface area contributed by atoms with E-state index < -0.39 is 48.6 Å². The molecule has 0 saturated heterocycles. The molecule has 0 aliphatic heterocycles. The van der Waals surface area contributed by atoms with E-state index in [0.717, 1.165) is 0 Å². The molecule has 0 aliphatic carbocycles. The molecule has 0 aromatic rings. The van der Waals surface area contributed by atoms with E-state index in [9.17, 15) is 19.2 Å². The van der Waals surface area contributed by atoms with Crippen molar-refractivity contribution < 1.29 is 38.1 Å². The lowest BCUT2D eigenvalue weighted by molar-refractivity contribution is -0.170. The van der Waals surface area contributed by atoms with Crippen molar-refractivity contribution in [2.75, 3.05) is 26.4 Å². The minimum Gasteiger partial charge on any atom is -0.465 e. The van der Waals surface area contributed by atoms with Gasteiger partial charge in [0.15, 0.2) is 0 Å². The summed E-state index contributed by atoms with van der Waals surface area (Å²) in [4.78, 5) is 51.8. The number of hydrogen-bond acceptors (Lipinski definition) is 8. The maximum Gasteiger partial charge on any atom is 0.310 e. The smallest absolute Gasteiger partial charge is 0.310 e. The van der Waals surface area contributed by atoms with Gasteiger partial charge in [-0.25, -0.2) is 0 Å². The number of carbonyl (C=O) groups excluding carboxylic acids is 4. The second kappa shape index (κ2) is 13.4. The molecule has 0 heterocycles. The van der Waals surface area contributed by atoms with E-state index in [1.54, 1.807) is 0 Å². The minimum absolute atomic E-state index is 0.0810. The first-order chi connectivity index (χ1) is 16.0. The zero-order chi connectivity index (χ0) is 28.5. The van der Waals surface area contributed by atoms with E-state index >= 15 is 0 Å². The molecular formula is C28H50O8. The van der Waals surface area contributed by atoms with E-state index in [2.05, 4.69) is 0 Å². The Morgan fingerprint density at radius 3 is 0.889 bits per heavy atom. The van der Waals surface area contributed by atoms with Gasteiger partial charge in [0.1, 0.15) is 0 Å². The lowest BCUT2D eigenvalue weighted by Gasteiger charge is -2.27. The average molecular weight is 515 g/mol. The van der Waals surface area contributed by atoms with Gasteiger partial charge < -0.3 is 18.9 Å². The topological polar surface area (TPSA) is 105 Å². The molecular weight excluding hydrogens is 464 g/mol. The Morgan fingerprint density at radius 1 is 0.444 bits per heavy atom. The van der Waals surface area contributed by atoms with E-state index in [0.29, 0.717) is 0 Å². The molecule has 0 amide bonds. The fourth-order valence-electron chi connectivity index (χ4n) is 2.64. The van der Waals surface area contributed by atoms with E-state index in [-0.39, 0.29) is 48.1 Å². The Morgan fingerprint density at radius 2 is 0.667 bits per heavy atom. The van der Waals surface area contributed by atoms with Gasteiger partial charge in [-0.05, 0) is 21.7 Å². The summed E-state index contributed by atoms with van der Waals surface area (Å²) in [6.07, 6.45) is -0.832. The Hall–Kier alpha value is -2.12. The highest BCUT2D eigenvalue weighted by atomic mass is 16.6. The van der Waals surface area contributed by atoms with Crippen LogP contribution >= 0.6 is 0 Å². The lowest BCUT2D eigenvalue weighted by Crippen LogP contribution is -2.38. The van der Waals surface area contributed by atoms with Crippen molar-refractivity contribution in [1.82, 2.24) is 0 Å². The van der Waals surface area contributed by atoms with Crippen LogP contribution in [-0.2, 0) is 38.1 Å². The van der Waals surface area contributed by atoms with Crippen LogP contribution in [0.4, 0.5) is 0 Å². The molecule has 8 heteroatoms. The molecule has 0 bridgehead atoms. The number of hydrogen-bond donors (Lipinski definition) is 0. The molecule has 36 heavy (non-hydrogen) atoms. The first-order valence-corrected chi connectivity index (χ1v) is 12.6. The molecule has 8 nitrogen and oxygen atoms in total. The molecule has 0 N–H and O–H groups in total. The van der Waals surface area contributed by atoms with E-state index in [4.69, 9.17) is 18.9 Å². The van der Waals surface area contributed by atoms with Crippen molar-refractivity contribution in [2.45, 2.75) is 95.9 Å². The Bertz CT molecular complexity index is 677. The molecule has 2 unspecified atom stereocenters. The lowest BCUT2D eigenvalue weighted by atomic mass is 9.86. The summed E-state index contributed by atoms with van der Waals surface area (Å²) < 4.78 is 21.7. The second-order valence-corrected chi connectivity index (χ2v) is 14.4.